The number of ether oxygens (including phenoxy) is 2. The van der Waals surface area contributed by atoms with Crippen molar-refractivity contribution < 1.29 is 9.47 Å². The van der Waals surface area contributed by atoms with Crippen LogP contribution in [0.25, 0.3) is 88.6 Å². The summed E-state index contributed by atoms with van der Waals surface area (Å²) in [6.07, 6.45) is 3.72. The van der Waals surface area contributed by atoms with Gasteiger partial charge in [0.2, 0.25) is 0 Å². The molecule has 0 saturated heterocycles. The predicted molar refractivity (Wildman–Crippen MR) is 312 cm³/mol. The molecule has 14 aromatic rings. The first-order valence-corrected chi connectivity index (χ1v) is 26.0. The molecule has 0 atom stereocenters. The minimum Gasteiger partial charge on any atom is -0.457 e. The van der Waals surface area contributed by atoms with E-state index >= 15 is 0 Å². The number of hydrogen-bond acceptors (Lipinski definition) is 4. The Balaban J connectivity index is 0.821. The zero-order valence-electron chi connectivity index (χ0n) is 41.7. The molecule has 4 heterocycles. The van der Waals surface area contributed by atoms with Gasteiger partial charge >= 0.3 is 0 Å². The fourth-order valence-corrected chi connectivity index (χ4v) is 12.0. The highest BCUT2D eigenvalue weighted by atomic mass is 16.5. The van der Waals surface area contributed by atoms with Crippen LogP contribution in [-0.2, 0) is 5.41 Å². The molecular weight excluding hydrogens is 941 g/mol. The van der Waals surface area contributed by atoms with E-state index in [1.165, 1.54) is 54.7 Å². The molecule has 6 nitrogen and oxygen atoms in total. The highest BCUT2D eigenvalue weighted by Gasteiger charge is 2.47. The van der Waals surface area contributed by atoms with Crippen molar-refractivity contribution in [2.24, 2.45) is 0 Å². The summed E-state index contributed by atoms with van der Waals surface area (Å²) >= 11 is 0. The summed E-state index contributed by atoms with van der Waals surface area (Å²) in [6.45, 7) is 0. The van der Waals surface area contributed by atoms with Crippen molar-refractivity contribution in [3.8, 4) is 68.0 Å². The molecule has 6 heteroatoms. The van der Waals surface area contributed by atoms with Gasteiger partial charge in [0.05, 0.1) is 38.9 Å². The van der Waals surface area contributed by atoms with Crippen molar-refractivity contribution in [1.82, 2.24) is 19.1 Å². The van der Waals surface area contributed by atoms with E-state index in [9.17, 15) is 0 Å². The van der Waals surface area contributed by atoms with Gasteiger partial charge < -0.3 is 18.6 Å². The van der Waals surface area contributed by atoms with E-state index in [-0.39, 0.29) is 0 Å². The monoisotopic (exact) mass is 986 g/mol. The second-order valence-corrected chi connectivity index (χ2v) is 19.7. The molecule has 1 aliphatic rings. The third-order valence-electron chi connectivity index (χ3n) is 15.5. The quantitative estimate of drug-likeness (QED) is 0.137. The number of para-hydroxylation sites is 4. The highest BCUT2D eigenvalue weighted by Crippen LogP contribution is 2.58. The average Bonchev–Trinajstić information content (AvgIpc) is 4.29. The Morgan fingerprint density at radius 1 is 0.299 bits per heavy atom. The zero-order valence-corrected chi connectivity index (χ0v) is 41.7. The lowest BCUT2D eigenvalue weighted by molar-refractivity contribution is 0.482. The van der Waals surface area contributed by atoms with Crippen LogP contribution in [0.1, 0.15) is 22.3 Å². The fourth-order valence-electron chi connectivity index (χ4n) is 12.0. The van der Waals surface area contributed by atoms with Gasteiger partial charge in [-0.25, -0.2) is 0 Å². The topological polar surface area (TPSA) is 54.1 Å². The number of fused-ring (bicyclic) bond motifs is 9. The molecule has 0 spiro atoms. The second-order valence-electron chi connectivity index (χ2n) is 19.7. The van der Waals surface area contributed by atoms with Crippen LogP contribution in [0.15, 0.2) is 279 Å². The molecule has 0 aliphatic heterocycles. The van der Waals surface area contributed by atoms with Crippen molar-refractivity contribution in [3.05, 3.63) is 302 Å². The molecule has 15 rings (SSSR count). The Morgan fingerprint density at radius 3 is 0.961 bits per heavy atom. The van der Waals surface area contributed by atoms with Crippen molar-refractivity contribution in [2.45, 2.75) is 5.41 Å². The Kier molecular flexibility index (Phi) is 10.3. The molecule has 0 amide bonds. The molecule has 4 aromatic heterocycles. The van der Waals surface area contributed by atoms with Crippen molar-refractivity contribution in [1.29, 1.82) is 0 Å². The lowest BCUT2D eigenvalue weighted by atomic mass is 9.67. The number of hydrogen-bond donors (Lipinski definition) is 0. The zero-order chi connectivity index (χ0) is 50.9. The fraction of sp³-hybridized carbons (Fsp3) is 0.0141. The van der Waals surface area contributed by atoms with Gasteiger partial charge in [-0.3, -0.25) is 9.97 Å². The number of nitrogens with zero attached hydrogens (tertiary/aromatic N) is 4. The Morgan fingerprint density at radius 2 is 0.623 bits per heavy atom. The molecule has 0 N–H and O–H groups in total. The minimum absolute atomic E-state index is 0.740. The van der Waals surface area contributed by atoms with E-state index in [0.29, 0.717) is 0 Å². The molecule has 0 fully saturated rings. The maximum Gasteiger partial charge on any atom is 0.127 e. The van der Waals surface area contributed by atoms with E-state index in [2.05, 4.69) is 252 Å². The first-order chi connectivity index (χ1) is 38.2. The van der Waals surface area contributed by atoms with E-state index in [4.69, 9.17) is 19.4 Å². The molecular formula is C71H46N4O2. The SMILES string of the molecule is c1ccc(-c2ccc3c(c2)C(c2ccc(Oc4ccc(-n5c6ccccc6c6ccccc65)cc4)cc2)(c2ccc(Oc4ccc(-n5c6ccccc6c6ccccc65)cc4)cc2)c2cc(-c4ccccn4)ccc2-3)nc1. The van der Waals surface area contributed by atoms with E-state index in [1.807, 2.05) is 36.7 Å². The number of pyridine rings is 2. The van der Waals surface area contributed by atoms with Crippen molar-refractivity contribution in [2.75, 3.05) is 0 Å². The predicted octanol–water partition coefficient (Wildman–Crippen LogP) is 18.0. The van der Waals surface area contributed by atoms with Crippen molar-refractivity contribution >= 4 is 43.6 Å². The minimum atomic E-state index is -0.773. The summed E-state index contributed by atoms with van der Waals surface area (Å²) in [5.41, 5.74) is 16.8. The van der Waals surface area contributed by atoms with Crippen LogP contribution in [0.3, 0.4) is 0 Å². The maximum atomic E-state index is 6.67. The Hall–Kier alpha value is -10.3. The third kappa shape index (κ3) is 7.25. The number of aromatic nitrogens is 4. The molecule has 0 radical (unpaired) electrons. The largest absolute Gasteiger partial charge is 0.457 e. The first kappa shape index (κ1) is 44.2. The lowest BCUT2D eigenvalue weighted by Gasteiger charge is -2.34. The van der Waals surface area contributed by atoms with Crippen LogP contribution in [0, 0.1) is 0 Å². The summed E-state index contributed by atoms with van der Waals surface area (Å²) in [6, 6.07) is 94.2. The van der Waals surface area contributed by atoms with Crippen LogP contribution >= 0.6 is 0 Å². The van der Waals surface area contributed by atoms with Crippen LogP contribution in [-0.4, -0.2) is 19.1 Å². The molecule has 77 heavy (non-hydrogen) atoms. The van der Waals surface area contributed by atoms with Gasteiger partial charge in [0.25, 0.3) is 0 Å². The van der Waals surface area contributed by atoms with Gasteiger partial charge in [-0.15, -0.1) is 0 Å². The molecule has 362 valence electrons. The Labute approximate surface area is 445 Å². The molecule has 10 aromatic carbocycles. The maximum absolute atomic E-state index is 6.67. The van der Waals surface area contributed by atoms with Crippen LogP contribution in [0.2, 0.25) is 0 Å². The third-order valence-corrected chi connectivity index (χ3v) is 15.5. The highest BCUT2D eigenvalue weighted by molar-refractivity contribution is 6.10. The molecule has 1 aliphatic carbocycles. The van der Waals surface area contributed by atoms with Crippen molar-refractivity contribution in [3.63, 3.8) is 0 Å². The Bertz CT molecular complexity index is 4130. The van der Waals surface area contributed by atoms with Crippen LogP contribution < -0.4 is 9.47 Å². The van der Waals surface area contributed by atoms with Crippen LogP contribution in [0.5, 0.6) is 23.0 Å². The second kappa shape index (κ2) is 18.0. The standard InChI is InChI=1S/C71H46N4O2/c1-5-19-67-59(13-1)60-14-2-6-20-68(60)74(67)51-29-37-55(38-30-51)76-53-33-25-49(26-34-53)71(63-45-47(65-17-9-11-43-72-65)23-41-57(63)58-42-24-48(46-64(58)71)66-18-10-12-44-73-66)50-27-35-54(36-28-50)77-56-39-31-52(32-40-56)75-69-21-7-3-15-61(69)62-16-4-8-22-70(62)75/h1-46H. The first-order valence-electron chi connectivity index (χ1n) is 26.0. The van der Waals surface area contributed by atoms with E-state index < -0.39 is 5.41 Å². The molecule has 0 saturated carbocycles. The van der Waals surface area contributed by atoms with Gasteiger partial charge in [0.15, 0.2) is 0 Å². The van der Waals surface area contributed by atoms with E-state index in [0.717, 1.165) is 79.1 Å². The summed E-state index contributed by atoms with van der Waals surface area (Å²) in [7, 11) is 0. The van der Waals surface area contributed by atoms with Gasteiger partial charge in [0.1, 0.15) is 23.0 Å². The van der Waals surface area contributed by atoms with Gasteiger partial charge in [-0.1, -0.05) is 133 Å². The summed E-state index contributed by atoms with van der Waals surface area (Å²) in [4.78, 5) is 9.64. The summed E-state index contributed by atoms with van der Waals surface area (Å²) < 4.78 is 18.0. The molecule has 0 bridgehead atoms. The average molecular weight is 987 g/mol. The summed E-state index contributed by atoms with van der Waals surface area (Å²) in [5.74, 6) is 2.99. The normalized spacial score (nSPS) is 12.5. The summed E-state index contributed by atoms with van der Waals surface area (Å²) in [5, 5.41) is 4.93. The lowest BCUT2D eigenvalue weighted by Crippen LogP contribution is -2.28. The number of benzene rings is 10. The smallest absolute Gasteiger partial charge is 0.127 e. The van der Waals surface area contributed by atoms with Gasteiger partial charge in [-0.2, -0.15) is 0 Å². The van der Waals surface area contributed by atoms with E-state index in [1.54, 1.807) is 0 Å². The van der Waals surface area contributed by atoms with Gasteiger partial charge in [-0.05, 0) is 167 Å². The van der Waals surface area contributed by atoms with Gasteiger partial charge in [0, 0.05) is 56.4 Å². The van der Waals surface area contributed by atoms with Crippen LogP contribution in [0.4, 0.5) is 0 Å². The molecule has 0 unspecified atom stereocenters. The number of rotatable bonds is 10.